The Morgan fingerprint density at radius 3 is 2.56 bits per heavy atom. The molecule has 0 radical (unpaired) electrons. The lowest BCUT2D eigenvalue weighted by Crippen LogP contribution is -2.29. The number of aliphatic hydroxyl groups is 2. The fourth-order valence-electron chi connectivity index (χ4n) is 4.35. The van der Waals surface area contributed by atoms with E-state index in [-0.39, 0.29) is 35.9 Å². The van der Waals surface area contributed by atoms with E-state index in [4.69, 9.17) is 34.5 Å². The van der Waals surface area contributed by atoms with E-state index in [2.05, 4.69) is 24.9 Å². The van der Waals surface area contributed by atoms with Crippen molar-refractivity contribution in [2.24, 2.45) is 0 Å². The normalized spacial score (nSPS) is 28.7. The number of H-pyrrole nitrogens is 1. The molecule has 3 aromatic rings. The lowest BCUT2D eigenvalue weighted by molar-refractivity contribution is -0.0578. The van der Waals surface area contributed by atoms with Crippen molar-refractivity contribution < 1.29 is 37.8 Å². The predicted molar refractivity (Wildman–Crippen MR) is 129 cm³/mol. The van der Waals surface area contributed by atoms with Gasteiger partial charge in [-0.1, -0.05) is 0 Å². The quantitative estimate of drug-likeness (QED) is 0.174. The summed E-state index contributed by atoms with van der Waals surface area (Å²) in [6.45, 7) is -0.931. The number of nitrogens with zero attached hydrogens (tertiary/aromatic N) is 6. The highest BCUT2D eigenvalue weighted by Gasteiger charge is 2.44. The van der Waals surface area contributed by atoms with Crippen LogP contribution in [0.5, 0.6) is 0 Å². The molecule has 7 N–H and O–H groups in total. The topological polar surface area (TPSA) is 267 Å². The molecule has 2 aliphatic heterocycles. The van der Waals surface area contributed by atoms with E-state index in [0.717, 1.165) is 18.0 Å². The molecule has 2 aliphatic rings. The van der Waals surface area contributed by atoms with Gasteiger partial charge in [-0.3, -0.25) is 32.5 Å². The van der Waals surface area contributed by atoms with Crippen LogP contribution in [0, 0.1) is 0 Å². The number of aromatic nitrogens is 7. The zero-order valence-electron chi connectivity index (χ0n) is 20.4. The van der Waals surface area contributed by atoms with Gasteiger partial charge in [0.25, 0.3) is 5.56 Å². The average molecular weight is 571 g/mol. The number of phosphoric ester groups is 1. The summed E-state index contributed by atoms with van der Waals surface area (Å²) in [6, 6.07) is 0. The highest BCUT2D eigenvalue weighted by molar-refractivity contribution is 7.48. The number of aromatic amines is 1. The zero-order valence-corrected chi connectivity index (χ0v) is 21.3. The minimum atomic E-state index is -4.26. The van der Waals surface area contributed by atoms with Gasteiger partial charge in [0.15, 0.2) is 11.2 Å². The molecule has 19 nitrogen and oxygen atoms in total. The van der Waals surface area contributed by atoms with Crippen molar-refractivity contribution in [2.45, 2.75) is 49.7 Å². The second kappa shape index (κ2) is 10.7. The van der Waals surface area contributed by atoms with Gasteiger partial charge in [0.2, 0.25) is 11.9 Å². The fraction of sp³-hybridized carbons (Fsp3) is 0.579. The number of rotatable bonds is 9. The number of nitrogen functional groups attached to an aromatic ring is 2. The van der Waals surface area contributed by atoms with Crippen LogP contribution in [-0.2, 0) is 27.6 Å². The van der Waals surface area contributed by atoms with Crippen molar-refractivity contribution >= 4 is 30.9 Å². The number of imidazole rings is 1. The van der Waals surface area contributed by atoms with Gasteiger partial charge in [0, 0.05) is 20.0 Å². The van der Waals surface area contributed by atoms with Crippen molar-refractivity contribution in [1.29, 1.82) is 0 Å². The summed E-state index contributed by atoms with van der Waals surface area (Å²) in [4.78, 5) is 41.9. The Morgan fingerprint density at radius 1 is 1.13 bits per heavy atom. The van der Waals surface area contributed by atoms with Gasteiger partial charge in [-0.2, -0.15) is 9.97 Å². The number of hydrogen-bond donors (Lipinski definition) is 5. The molecule has 0 amide bonds. The number of fused-ring (bicyclic) bond motifs is 1. The standard InChI is InChI=1S/C19H26N9O10P/c1-34-39(33,38-9-3-13(36-10(9)4-29)28-7-23-17(20)26-19(28)32)35-5-11-8(30)2-12(37-11)27-6-22-14-15(27)24-18(21)25-16(14)31/h6-13,29-30H,2-5H2,1H3,(H2,20,26,32)(H3,21,24,25,31)/t8?,9?,10-,11-,12-,13-,39?/m1/s1. The predicted octanol–water partition coefficient (Wildman–Crippen LogP) is -1.98. The number of aliphatic hydroxyl groups excluding tert-OH is 2. The average Bonchev–Trinajstić information content (AvgIpc) is 3.59. The summed E-state index contributed by atoms with van der Waals surface area (Å²) in [5.41, 5.74) is 9.99. The Labute approximate surface area is 218 Å². The van der Waals surface area contributed by atoms with Crippen molar-refractivity contribution in [2.75, 3.05) is 31.8 Å². The Morgan fingerprint density at radius 2 is 1.85 bits per heavy atom. The molecular formula is C19H26N9O10P. The number of anilines is 2. The highest BCUT2D eigenvalue weighted by atomic mass is 31.2. The highest BCUT2D eigenvalue weighted by Crippen LogP contribution is 2.53. The maximum Gasteiger partial charge on any atom is 0.474 e. The Hall–Kier alpha value is -3.29. The number of nitrogens with two attached hydrogens (primary N) is 2. The first-order chi connectivity index (χ1) is 18.6. The van der Waals surface area contributed by atoms with Crippen molar-refractivity contribution in [3.8, 4) is 0 Å². The fourth-order valence-corrected chi connectivity index (χ4v) is 5.48. The molecule has 5 rings (SSSR count). The third-order valence-electron chi connectivity index (χ3n) is 6.27. The maximum absolute atomic E-state index is 13.2. The van der Waals surface area contributed by atoms with Gasteiger partial charge in [-0.25, -0.2) is 19.3 Å². The van der Waals surface area contributed by atoms with E-state index in [0.29, 0.717) is 0 Å². The van der Waals surface area contributed by atoms with Crippen LogP contribution in [0.15, 0.2) is 22.2 Å². The number of phosphoric acid groups is 1. The van der Waals surface area contributed by atoms with E-state index in [9.17, 15) is 24.4 Å². The first-order valence-corrected chi connectivity index (χ1v) is 13.1. The van der Waals surface area contributed by atoms with Gasteiger partial charge < -0.3 is 31.2 Å². The molecule has 0 aromatic carbocycles. The Bertz CT molecular complexity index is 1510. The summed E-state index contributed by atoms with van der Waals surface area (Å²) in [6.07, 6.45) is -3.21. The first kappa shape index (κ1) is 27.3. The van der Waals surface area contributed by atoms with Crippen LogP contribution in [0.2, 0.25) is 0 Å². The van der Waals surface area contributed by atoms with Gasteiger partial charge in [-0.15, -0.1) is 0 Å². The molecule has 2 saturated heterocycles. The van der Waals surface area contributed by atoms with Crippen LogP contribution in [0.1, 0.15) is 25.3 Å². The Kier molecular flexibility index (Phi) is 7.49. The van der Waals surface area contributed by atoms with Gasteiger partial charge in [-0.05, 0) is 0 Å². The van der Waals surface area contributed by atoms with Crippen molar-refractivity contribution in [3.05, 3.63) is 33.5 Å². The van der Waals surface area contributed by atoms with Gasteiger partial charge in [0.05, 0.1) is 25.6 Å². The van der Waals surface area contributed by atoms with E-state index in [1.54, 1.807) is 0 Å². The van der Waals surface area contributed by atoms with E-state index >= 15 is 0 Å². The molecule has 212 valence electrons. The molecule has 7 atom stereocenters. The number of nitrogens with one attached hydrogen (secondary N) is 1. The van der Waals surface area contributed by atoms with Gasteiger partial charge in [0.1, 0.15) is 37.1 Å². The molecule has 3 aromatic heterocycles. The summed E-state index contributed by atoms with van der Waals surface area (Å²) < 4.78 is 43.2. The molecular weight excluding hydrogens is 545 g/mol. The molecule has 3 unspecified atom stereocenters. The Balaban J connectivity index is 1.24. The van der Waals surface area contributed by atoms with E-state index in [1.165, 1.54) is 10.9 Å². The smallest absolute Gasteiger partial charge is 0.394 e. The first-order valence-electron chi connectivity index (χ1n) is 11.6. The lowest BCUT2D eigenvalue weighted by atomic mass is 10.2. The largest absolute Gasteiger partial charge is 0.474 e. The third kappa shape index (κ3) is 5.43. The van der Waals surface area contributed by atoms with Crippen LogP contribution < -0.4 is 22.7 Å². The number of hydrogen-bond acceptors (Lipinski definition) is 16. The van der Waals surface area contributed by atoms with Crippen LogP contribution in [-0.4, -0.2) is 89.0 Å². The third-order valence-corrected chi connectivity index (χ3v) is 7.71. The molecule has 20 heteroatoms. The lowest BCUT2D eigenvalue weighted by Gasteiger charge is -2.24. The summed E-state index contributed by atoms with van der Waals surface area (Å²) in [7, 11) is -3.17. The van der Waals surface area contributed by atoms with E-state index in [1.807, 2.05) is 0 Å². The maximum atomic E-state index is 13.2. The molecule has 0 saturated carbocycles. The van der Waals surface area contributed by atoms with Crippen LogP contribution in [0.3, 0.4) is 0 Å². The summed E-state index contributed by atoms with van der Waals surface area (Å²) in [5, 5.41) is 20.3. The van der Waals surface area contributed by atoms with Crippen LogP contribution in [0.25, 0.3) is 11.2 Å². The second-order valence-corrected chi connectivity index (χ2v) is 10.5. The second-order valence-electron chi connectivity index (χ2n) is 8.73. The SMILES string of the molecule is COP(=O)(OC[C@H]1O[C@@H](n2cnc3c(=O)[nH]c(N)nc32)CC1O)OC1C[C@H](n2cnc(N)nc2=O)O[C@@H]1CO. The molecule has 0 spiro atoms. The molecule has 5 heterocycles. The molecule has 0 bridgehead atoms. The minimum absolute atomic E-state index is 0.0251. The van der Waals surface area contributed by atoms with E-state index < -0.39 is 69.2 Å². The summed E-state index contributed by atoms with van der Waals surface area (Å²) >= 11 is 0. The monoisotopic (exact) mass is 571 g/mol. The van der Waals surface area contributed by atoms with Crippen LogP contribution in [0.4, 0.5) is 11.9 Å². The number of ether oxygens (including phenoxy) is 2. The molecule has 2 fully saturated rings. The van der Waals surface area contributed by atoms with Gasteiger partial charge >= 0.3 is 13.5 Å². The molecule has 39 heavy (non-hydrogen) atoms. The van der Waals surface area contributed by atoms with Crippen molar-refractivity contribution in [3.63, 3.8) is 0 Å². The minimum Gasteiger partial charge on any atom is -0.394 e. The zero-order chi connectivity index (χ0) is 27.9. The van der Waals surface area contributed by atoms with Crippen molar-refractivity contribution in [1.82, 2.24) is 34.1 Å². The molecule has 0 aliphatic carbocycles. The summed E-state index contributed by atoms with van der Waals surface area (Å²) in [5.74, 6) is -0.328. The van der Waals surface area contributed by atoms with Crippen LogP contribution >= 0.6 is 7.82 Å².